The molecule has 0 saturated carbocycles. The minimum Gasteiger partial charge on any atom is -0.397 e. The second kappa shape index (κ2) is 5.03. The van der Waals surface area contributed by atoms with E-state index in [1.165, 1.54) is 19.1 Å². The zero-order valence-corrected chi connectivity index (χ0v) is 12.8. The van der Waals surface area contributed by atoms with Crippen molar-refractivity contribution in [2.24, 2.45) is 4.40 Å². The van der Waals surface area contributed by atoms with Crippen molar-refractivity contribution in [1.82, 2.24) is 0 Å². The van der Waals surface area contributed by atoms with Gasteiger partial charge in [-0.2, -0.15) is 12.8 Å². The molecule has 0 saturated heterocycles. The van der Waals surface area contributed by atoms with Gasteiger partial charge in [0.1, 0.15) is 5.17 Å². The minimum atomic E-state index is -3.78. The van der Waals surface area contributed by atoms with E-state index in [4.69, 9.17) is 17.3 Å². The quantitative estimate of drug-likeness (QED) is 0.623. The van der Waals surface area contributed by atoms with Gasteiger partial charge in [-0.15, -0.1) is 0 Å². The van der Waals surface area contributed by atoms with Gasteiger partial charge in [-0.05, 0) is 50.9 Å². The number of benzene rings is 1. The first-order valence-electron chi connectivity index (χ1n) is 3.95. The van der Waals surface area contributed by atoms with Crippen LogP contribution in [0.25, 0.3) is 0 Å². The lowest BCUT2D eigenvalue weighted by atomic mass is 10.3. The fourth-order valence-corrected chi connectivity index (χ4v) is 3.66. The maximum atomic E-state index is 11.7. The number of rotatable bonds is 2. The van der Waals surface area contributed by atoms with E-state index in [2.05, 4.69) is 36.3 Å². The molecule has 1 aromatic rings. The third-order valence-electron chi connectivity index (χ3n) is 1.60. The second-order valence-electron chi connectivity index (χ2n) is 2.86. The Balaban J connectivity index is 3.42. The number of anilines is 1. The summed E-state index contributed by atoms with van der Waals surface area (Å²) >= 11 is 11.8. The highest BCUT2D eigenvalue weighted by atomic mass is 79.9. The summed E-state index contributed by atoms with van der Waals surface area (Å²) in [5.41, 5.74) is 6.07. The van der Waals surface area contributed by atoms with Crippen LogP contribution in [0.3, 0.4) is 0 Å². The van der Waals surface area contributed by atoms with Crippen LogP contribution in [0, 0.1) is 0 Å². The van der Waals surface area contributed by atoms with Crippen molar-refractivity contribution in [3.8, 4) is 0 Å². The molecule has 88 valence electrons. The molecule has 0 aliphatic rings. The zero-order chi connectivity index (χ0) is 12.5. The Hall–Kier alpha value is -0.110. The molecule has 0 aliphatic carbocycles. The van der Waals surface area contributed by atoms with Gasteiger partial charge in [-0.1, -0.05) is 11.6 Å². The summed E-state index contributed by atoms with van der Waals surface area (Å²) in [6.07, 6.45) is 0. The van der Waals surface area contributed by atoms with E-state index in [0.29, 0.717) is 14.6 Å². The molecule has 0 aromatic heterocycles. The van der Waals surface area contributed by atoms with Crippen molar-refractivity contribution < 1.29 is 8.42 Å². The molecule has 0 bridgehead atoms. The minimum absolute atomic E-state index is 0.0143. The molecule has 0 fully saturated rings. The normalized spacial score (nSPS) is 12.9. The van der Waals surface area contributed by atoms with E-state index in [1.54, 1.807) is 0 Å². The van der Waals surface area contributed by atoms with Crippen molar-refractivity contribution in [3.05, 3.63) is 21.1 Å². The summed E-state index contributed by atoms with van der Waals surface area (Å²) in [6, 6.07) is 2.75. The standard InChI is InChI=1S/C8H7Br2ClN2O2S/c1-4(11)13-16(14,15)5-2-6(9)8(12)7(10)3-5/h2-3H,12H2,1H3. The van der Waals surface area contributed by atoms with Gasteiger partial charge >= 0.3 is 0 Å². The number of nitrogens with two attached hydrogens (primary N) is 1. The number of halogens is 3. The SMILES string of the molecule is CC(Cl)=NS(=O)(=O)c1cc(Br)c(N)c(Br)c1. The van der Waals surface area contributed by atoms with Crippen molar-refractivity contribution in [3.63, 3.8) is 0 Å². The molecule has 0 atom stereocenters. The third-order valence-corrected chi connectivity index (χ3v) is 4.44. The monoisotopic (exact) mass is 388 g/mol. The predicted molar refractivity (Wildman–Crippen MR) is 72.4 cm³/mol. The first-order valence-corrected chi connectivity index (χ1v) is 7.36. The first-order chi connectivity index (χ1) is 7.24. The van der Waals surface area contributed by atoms with Crippen LogP contribution in [-0.4, -0.2) is 13.6 Å². The Kier molecular flexibility index (Phi) is 4.39. The summed E-state index contributed by atoms with van der Waals surface area (Å²) in [5, 5.41) is -0.0518. The molecule has 0 heterocycles. The third kappa shape index (κ3) is 3.19. The Morgan fingerprint density at radius 1 is 1.38 bits per heavy atom. The van der Waals surface area contributed by atoms with E-state index in [9.17, 15) is 8.42 Å². The fourth-order valence-electron chi connectivity index (χ4n) is 0.928. The summed E-state index contributed by atoms with van der Waals surface area (Å²) in [6.45, 7) is 1.39. The highest BCUT2D eigenvalue weighted by molar-refractivity contribution is 9.11. The molecular weight excluding hydrogens is 383 g/mol. The van der Waals surface area contributed by atoms with Gasteiger partial charge in [0, 0.05) is 8.95 Å². The molecule has 4 nitrogen and oxygen atoms in total. The van der Waals surface area contributed by atoms with Crippen molar-refractivity contribution in [2.45, 2.75) is 11.8 Å². The Morgan fingerprint density at radius 2 is 1.81 bits per heavy atom. The lowest BCUT2D eigenvalue weighted by Gasteiger charge is -2.05. The van der Waals surface area contributed by atoms with E-state index >= 15 is 0 Å². The fraction of sp³-hybridized carbons (Fsp3) is 0.125. The molecular formula is C8H7Br2ClN2O2S. The van der Waals surface area contributed by atoms with Crippen LogP contribution in [-0.2, 0) is 10.0 Å². The van der Waals surface area contributed by atoms with E-state index in [1.807, 2.05) is 0 Å². The van der Waals surface area contributed by atoms with E-state index < -0.39 is 10.0 Å². The summed E-state index contributed by atoms with van der Waals surface area (Å²) in [5.74, 6) is 0. The number of hydrogen-bond donors (Lipinski definition) is 1. The molecule has 0 amide bonds. The number of sulfonamides is 1. The van der Waals surface area contributed by atoms with Gasteiger partial charge in [-0.3, -0.25) is 0 Å². The largest absolute Gasteiger partial charge is 0.397 e. The van der Waals surface area contributed by atoms with Gasteiger partial charge in [0.15, 0.2) is 0 Å². The highest BCUT2D eigenvalue weighted by Crippen LogP contribution is 2.31. The average Bonchev–Trinajstić information content (AvgIpc) is 2.11. The lowest BCUT2D eigenvalue weighted by molar-refractivity contribution is 0.598. The molecule has 0 spiro atoms. The first kappa shape index (κ1) is 14.0. The van der Waals surface area contributed by atoms with Crippen LogP contribution < -0.4 is 5.73 Å². The van der Waals surface area contributed by atoms with Gasteiger partial charge < -0.3 is 5.73 Å². The highest BCUT2D eigenvalue weighted by Gasteiger charge is 2.16. The van der Waals surface area contributed by atoms with Crippen molar-refractivity contribution in [2.75, 3.05) is 5.73 Å². The summed E-state index contributed by atoms with van der Waals surface area (Å²) in [4.78, 5) is 0.0143. The molecule has 0 unspecified atom stereocenters. The molecule has 2 N–H and O–H groups in total. The summed E-state index contributed by atoms with van der Waals surface area (Å²) < 4.78 is 27.7. The van der Waals surface area contributed by atoms with E-state index in [0.717, 1.165) is 0 Å². The Labute approximate surface area is 115 Å². The number of nitrogens with zero attached hydrogens (tertiary/aromatic N) is 1. The molecule has 0 aliphatic heterocycles. The van der Waals surface area contributed by atoms with Crippen LogP contribution in [0.15, 0.2) is 30.4 Å². The summed E-state index contributed by atoms with van der Waals surface area (Å²) in [7, 11) is -3.78. The van der Waals surface area contributed by atoms with E-state index in [-0.39, 0.29) is 10.1 Å². The molecule has 8 heteroatoms. The molecule has 0 radical (unpaired) electrons. The smallest absolute Gasteiger partial charge is 0.283 e. The molecule has 1 aromatic carbocycles. The topological polar surface area (TPSA) is 72.5 Å². The maximum absolute atomic E-state index is 11.7. The Morgan fingerprint density at radius 3 is 2.19 bits per heavy atom. The van der Waals surface area contributed by atoms with Crippen molar-refractivity contribution >= 4 is 64.3 Å². The number of nitrogen functional groups attached to an aromatic ring is 1. The van der Waals surface area contributed by atoms with Gasteiger partial charge in [-0.25, -0.2) is 0 Å². The van der Waals surface area contributed by atoms with Crippen LogP contribution in [0.5, 0.6) is 0 Å². The maximum Gasteiger partial charge on any atom is 0.283 e. The zero-order valence-electron chi connectivity index (χ0n) is 8.04. The number of hydrogen-bond acceptors (Lipinski definition) is 3. The van der Waals surface area contributed by atoms with Crippen LogP contribution in [0.4, 0.5) is 5.69 Å². The van der Waals surface area contributed by atoms with Gasteiger partial charge in [0.2, 0.25) is 0 Å². The van der Waals surface area contributed by atoms with Crippen molar-refractivity contribution in [1.29, 1.82) is 0 Å². The second-order valence-corrected chi connectivity index (χ2v) is 6.72. The lowest BCUT2D eigenvalue weighted by Crippen LogP contribution is -2.00. The van der Waals surface area contributed by atoms with Crippen LogP contribution in [0.2, 0.25) is 0 Å². The predicted octanol–water partition coefficient (Wildman–Crippen LogP) is 3.14. The van der Waals surface area contributed by atoms with Crippen LogP contribution in [0.1, 0.15) is 6.92 Å². The Bertz CT molecular complexity index is 530. The van der Waals surface area contributed by atoms with Gasteiger partial charge in [0.25, 0.3) is 10.0 Å². The molecule has 16 heavy (non-hydrogen) atoms. The molecule has 1 rings (SSSR count). The van der Waals surface area contributed by atoms with Crippen LogP contribution >= 0.6 is 43.5 Å². The average molecular weight is 390 g/mol. The van der Waals surface area contributed by atoms with Gasteiger partial charge in [0.05, 0.1) is 10.6 Å².